The topological polar surface area (TPSA) is 432 Å². The Balaban J connectivity index is 0.000000136. The molecule has 692 valence electrons. The second kappa shape index (κ2) is 41.1. The third-order valence-electron chi connectivity index (χ3n) is 23.0. The number of ketones is 2. The Morgan fingerprint density at radius 2 is 0.728 bits per heavy atom. The summed E-state index contributed by atoms with van der Waals surface area (Å²) in [5.41, 5.74) is 22.6. The van der Waals surface area contributed by atoms with E-state index in [1.54, 1.807) is 45.8 Å². The SMILES string of the molecule is COCC(=O)c1nc(C(C)C)nc2c1CC(=O)N2c1ccccc1C.Cc1ccc(-c2nc(C(=N)CO)c3c(n2)n(-c2ccccc2C)c(=O)n3C)cc1.Cc1ccc(-c2nc(C(=O)NN(C)C)c3c(n2)N(c2ccccc2C)C(=O)C3)cc1.Cc1ccc(-c2nc(C(=O)NN)c3c(n2)N(c2ccccc2C)C(=O)C3)cc1.Cc1ccccc1N1C(=O)Cc2c(C(=O)CO)nc(C(C)C)nc21. The van der Waals surface area contributed by atoms with Gasteiger partial charge in [0.1, 0.15) is 82.1 Å². The van der Waals surface area contributed by atoms with Crippen molar-refractivity contribution in [1.82, 2.24) is 74.8 Å². The highest BCUT2D eigenvalue weighted by atomic mass is 16.5. The number of aryl methyl sites for hydroxylation is 9. The molecule has 14 aromatic rings. The van der Waals surface area contributed by atoms with Crippen LogP contribution >= 0.6 is 0 Å². The molecule has 4 aliphatic heterocycles. The number of benzene rings is 8. The van der Waals surface area contributed by atoms with Crippen LogP contribution in [-0.2, 0) is 56.6 Å². The molecule has 10 heterocycles. The van der Waals surface area contributed by atoms with E-state index in [2.05, 4.69) is 50.7 Å². The lowest BCUT2D eigenvalue weighted by Gasteiger charge is -2.20. The third-order valence-corrected chi connectivity index (χ3v) is 23.0. The van der Waals surface area contributed by atoms with Gasteiger partial charge in [-0.1, -0.05) is 208 Å². The van der Waals surface area contributed by atoms with Crippen LogP contribution in [-0.4, -0.2) is 168 Å². The molecule has 0 saturated heterocycles. The molecule has 0 aliphatic carbocycles. The first kappa shape index (κ1) is 96.1. The summed E-state index contributed by atoms with van der Waals surface area (Å²) in [7, 11) is 6.55. The maximum Gasteiger partial charge on any atom is 0.334 e. The molecule has 0 saturated carbocycles. The van der Waals surface area contributed by atoms with E-state index in [-0.39, 0.29) is 114 Å². The monoisotopic (exact) mass is 1830 g/mol. The van der Waals surface area contributed by atoms with Crippen LogP contribution < -0.4 is 42.0 Å². The van der Waals surface area contributed by atoms with Gasteiger partial charge in [-0.05, 0) is 114 Å². The normalized spacial score (nSPS) is 12.8. The van der Waals surface area contributed by atoms with Crippen LogP contribution in [0, 0.1) is 60.8 Å². The highest BCUT2D eigenvalue weighted by Crippen LogP contribution is 2.44. The summed E-state index contributed by atoms with van der Waals surface area (Å²) in [5, 5.41) is 28.6. The third kappa shape index (κ3) is 19.8. The number of carbonyl (C=O) groups excluding carboxylic acids is 8. The van der Waals surface area contributed by atoms with Gasteiger partial charge in [0.25, 0.3) is 11.8 Å². The predicted molar refractivity (Wildman–Crippen MR) is 518 cm³/mol. The zero-order valence-electron chi connectivity index (χ0n) is 78.2. The molecule has 0 radical (unpaired) electrons. The first-order chi connectivity index (χ1) is 65.1. The number of nitrogens with two attached hydrogens (primary N) is 1. The van der Waals surface area contributed by atoms with E-state index in [9.17, 15) is 53.4 Å². The molecule has 0 fully saturated rings. The molecule has 136 heavy (non-hydrogen) atoms. The number of aliphatic hydroxyl groups excluding tert-OH is 2. The molecule has 0 unspecified atom stereocenters. The van der Waals surface area contributed by atoms with E-state index >= 15 is 0 Å². The second-order valence-corrected chi connectivity index (χ2v) is 34.0. The number of aliphatic hydroxyl groups is 2. The first-order valence-electron chi connectivity index (χ1n) is 43.9. The van der Waals surface area contributed by atoms with Crippen molar-refractivity contribution in [3.8, 4) is 39.9 Å². The summed E-state index contributed by atoms with van der Waals surface area (Å²) in [5.74, 6) is 7.24. The van der Waals surface area contributed by atoms with E-state index in [0.717, 1.165) is 89.6 Å². The van der Waals surface area contributed by atoms with Crippen LogP contribution in [0.15, 0.2) is 199 Å². The minimum atomic E-state index is -0.639. The molecule has 0 spiro atoms. The van der Waals surface area contributed by atoms with Crippen LogP contribution in [0.4, 0.5) is 46.0 Å². The van der Waals surface area contributed by atoms with E-state index in [0.29, 0.717) is 91.5 Å². The molecular formula is C103H103N21O12. The predicted octanol–water partition coefficient (Wildman–Crippen LogP) is 13.8. The van der Waals surface area contributed by atoms with Gasteiger partial charge in [-0.25, -0.2) is 70.1 Å². The van der Waals surface area contributed by atoms with Gasteiger partial charge in [0.15, 0.2) is 23.1 Å². The maximum absolute atomic E-state index is 13.1. The molecule has 33 heteroatoms. The number of hydrogen-bond donors (Lipinski definition) is 6. The van der Waals surface area contributed by atoms with Gasteiger partial charge in [-0.2, -0.15) is 0 Å². The number of rotatable bonds is 20. The largest absolute Gasteiger partial charge is 0.390 e. The summed E-state index contributed by atoms with van der Waals surface area (Å²) >= 11 is 0. The molecule has 33 nitrogen and oxygen atoms in total. The Hall–Kier alpha value is -15.9. The molecule has 7 N–H and O–H groups in total. The number of imidazole rings is 1. The van der Waals surface area contributed by atoms with Gasteiger partial charge in [-0.15, -0.1) is 0 Å². The van der Waals surface area contributed by atoms with E-state index in [1.807, 2.05) is 277 Å². The number of nitrogen functional groups attached to an aromatic ring is 1. The number of amides is 6. The zero-order valence-corrected chi connectivity index (χ0v) is 78.2. The fourth-order valence-electron chi connectivity index (χ4n) is 16.0. The van der Waals surface area contributed by atoms with Gasteiger partial charge < -0.3 is 20.4 Å². The Kier molecular flexibility index (Phi) is 29.0. The van der Waals surface area contributed by atoms with Crippen LogP contribution in [0.2, 0.25) is 0 Å². The minimum absolute atomic E-state index is 0.00466. The number of methoxy groups -OCH3 is 1. The smallest absolute Gasteiger partial charge is 0.334 e. The van der Waals surface area contributed by atoms with Crippen molar-refractivity contribution in [3.05, 3.63) is 311 Å². The van der Waals surface area contributed by atoms with Crippen molar-refractivity contribution >= 4 is 110 Å². The summed E-state index contributed by atoms with van der Waals surface area (Å²) in [6, 6.07) is 61.1. The summed E-state index contributed by atoms with van der Waals surface area (Å²) in [6.45, 7) is 22.2. The van der Waals surface area contributed by atoms with Gasteiger partial charge in [0, 0.05) is 79.0 Å². The number of fused-ring (bicyclic) bond motifs is 5. The summed E-state index contributed by atoms with van der Waals surface area (Å²) < 4.78 is 7.94. The molecule has 0 atom stereocenters. The quantitative estimate of drug-likeness (QED) is 0.0136. The number of carbonyl (C=O) groups is 8. The maximum atomic E-state index is 13.1. The average Bonchev–Trinajstić information content (AvgIpc) is 1.60. The first-order valence-corrected chi connectivity index (χ1v) is 43.9. The number of hydrazine groups is 2. The number of hydrogen-bond acceptors (Lipinski definition) is 25. The Bertz CT molecular complexity index is 7150. The lowest BCUT2D eigenvalue weighted by molar-refractivity contribution is -0.117. The zero-order chi connectivity index (χ0) is 97.5. The molecule has 6 amide bonds. The molecule has 18 rings (SSSR count). The van der Waals surface area contributed by atoms with Gasteiger partial charge in [0.05, 0.1) is 66.4 Å². The number of nitrogens with zero attached hydrogens (tertiary/aromatic N) is 17. The average molecular weight is 1830 g/mol. The van der Waals surface area contributed by atoms with Gasteiger partial charge in [0.2, 0.25) is 35.2 Å². The Labute approximate surface area is 784 Å². The van der Waals surface area contributed by atoms with Crippen molar-refractivity contribution < 1.29 is 53.3 Å². The van der Waals surface area contributed by atoms with Gasteiger partial charge >= 0.3 is 5.69 Å². The highest BCUT2D eigenvalue weighted by molar-refractivity contribution is 6.14. The molecule has 8 aromatic carbocycles. The second-order valence-electron chi connectivity index (χ2n) is 34.0. The number of ether oxygens (including phenoxy) is 1. The fraction of sp³-hybridized carbons (Fsp3) is 0.243. The minimum Gasteiger partial charge on any atom is -0.390 e. The van der Waals surface area contributed by atoms with Crippen LogP contribution in [0.5, 0.6) is 0 Å². The number of anilines is 8. The Morgan fingerprint density at radius 1 is 0.412 bits per heavy atom. The highest BCUT2D eigenvalue weighted by Gasteiger charge is 2.41. The number of Topliss-reactive ketones (excluding diaryl/α,β-unsaturated/α-hetero) is 2. The van der Waals surface area contributed by atoms with Gasteiger partial charge in [-0.3, -0.25) is 73.4 Å². The van der Waals surface area contributed by atoms with Crippen molar-refractivity contribution in [3.63, 3.8) is 0 Å². The molecular weight excluding hydrogens is 1720 g/mol. The summed E-state index contributed by atoms with van der Waals surface area (Å²) in [6.07, 6.45) is 0.296. The number of para-hydroxylation sites is 5. The Morgan fingerprint density at radius 3 is 1.05 bits per heavy atom. The van der Waals surface area contributed by atoms with Crippen molar-refractivity contribution in [2.24, 2.45) is 12.9 Å². The van der Waals surface area contributed by atoms with Crippen molar-refractivity contribution in [2.75, 3.05) is 60.6 Å². The van der Waals surface area contributed by atoms with E-state index < -0.39 is 24.9 Å². The van der Waals surface area contributed by atoms with E-state index in [1.165, 1.54) is 16.2 Å². The molecule has 6 aromatic heterocycles. The standard InChI is InChI=1S/C23H23N5O2.C22H21N5O2.C21H19N5O2.C19H21N3O3.C18H19N3O3/c1-14-9-11-16(12-10-14)21-24-20(23(30)26-27(3)4)17-13-19(29)28(22(17)25-21)18-8-6-5-7-15(18)2;1-13-8-10-15(11-9-13)20-24-18(16(23)12-28)19-21(25-20)27(22(29)26(19)3)17-7-5-4-6-14(17)2;1-12-7-9-14(10-8-12)19-23-18(21(28)25-22)15-11-17(27)26(20(15)24-19)16-6-4-3-5-13(16)2;1-11(2)18-20-17(15(23)10-25-4)13-9-16(24)22(19(13)21-18)14-8-6-5-7-12(14)3;1-10(2)17-19-16(14(23)9-22)12-8-15(24)21(18(12)20-17)13-7-5-4-6-11(13)3/h5-12H,13H2,1-4H3,(H,26,30);4-11,23,28H,12H2,1-3H3;3-10H,11,22H2,1-2H3,(H,25,28);5-8,11H,9-10H2,1-4H3;4-7,10,22H,8-9H2,1-3H3. The molecule has 0 bridgehead atoms. The van der Waals surface area contributed by atoms with E-state index in [4.69, 9.17) is 26.0 Å². The lowest BCUT2D eigenvalue weighted by atomic mass is 10.1. The van der Waals surface area contributed by atoms with Crippen LogP contribution in [0.3, 0.4) is 0 Å². The van der Waals surface area contributed by atoms with Crippen molar-refractivity contribution in [1.29, 1.82) is 5.41 Å². The number of nitrogens with one attached hydrogen (secondary N) is 3. The van der Waals surface area contributed by atoms with Crippen LogP contribution in [0.25, 0.3) is 51.0 Å². The van der Waals surface area contributed by atoms with Crippen molar-refractivity contribution in [2.45, 2.75) is 121 Å². The lowest BCUT2D eigenvalue weighted by Crippen LogP contribution is -2.37. The summed E-state index contributed by atoms with van der Waals surface area (Å²) in [4.78, 5) is 166. The fourth-order valence-corrected chi connectivity index (χ4v) is 16.0. The van der Waals surface area contributed by atoms with Crippen LogP contribution in [0.1, 0.15) is 166 Å². The number of aromatic nitrogens is 12. The molecule has 4 aliphatic rings.